The summed E-state index contributed by atoms with van der Waals surface area (Å²) in [6.07, 6.45) is 0. The Morgan fingerprint density at radius 2 is 0.591 bits per heavy atom. The second kappa shape index (κ2) is 19.9. The molecule has 0 radical (unpaired) electrons. The van der Waals surface area contributed by atoms with E-state index in [9.17, 15) is 0 Å². The molecular formula is C82H52N6. The average Bonchev–Trinajstić information content (AvgIpc) is 1.89. The number of nitrogens with zero attached hydrogens (tertiary/aromatic N) is 6. The normalized spacial score (nSPS) is 11.9. The SMILES string of the molecule is c1ccc(-c2cc(-c3cc(-c4cccc(-n5c6ccccc6c6ccccc65)c4)c(-n4c5ccccc5c5c4ccc4c6ccccc6n(-c6ccccc6)c45)c(-c4cccc(-n5c6ccccc6c6ccccc65)c4)c3)nc(-c3ccccc3)n2)cc1. The topological polar surface area (TPSA) is 45.5 Å². The van der Waals surface area contributed by atoms with E-state index in [4.69, 9.17) is 9.97 Å². The number of benzene rings is 13. The molecular weight excluding hydrogens is 1070 g/mol. The van der Waals surface area contributed by atoms with E-state index < -0.39 is 0 Å². The Hall–Kier alpha value is -11.9. The van der Waals surface area contributed by atoms with Gasteiger partial charge in [0.2, 0.25) is 0 Å². The highest BCUT2D eigenvalue weighted by Crippen LogP contribution is 2.48. The van der Waals surface area contributed by atoms with Crippen LogP contribution in [0.1, 0.15) is 0 Å². The van der Waals surface area contributed by atoms with E-state index in [0.717, 1.165) is 117 Å². The fraction of sp³-hybridized carbons (Fsp3) is 0. The van der Waals surface area contributed by atoms with E-state index in [1.54, 1.807) is 0 Å². The van der Waals surface area contributed by atoms with Crippen molar-refractivity contribution in [2.75, 3.05) is 0 Å². The summed E-state index contributed by atoms with van der Waals surface area (Å²) in [7, 11) is 0. The molecule has 0 atom stereocenters. The van der Waals surface area contributed by atoms with Crippen LogP contribution < -0.4 is 0 Å². The van der Waals surface area contributed by atoms with Crippen molar-refractivity contribution in [3.05, 3.63) is 315 Å². The van der Waals surface area contributed by atoms with Gasteiger partial charge in [0.05, 0.1) is 61.2 Å². The Morgan fingerprint density at radius 1 is 0.216 bits per heavy atom. The molecule has 0 aliphatic rings. The number of hydrogen-bond donors (Lipinski definition) is 0. The Labute approximate surface area is 507 Å². The first-order chi connectivity index (χ1) is 43.7. The number of aromatic nitrogens is 6. The van der Waals surface area contributed by atoms with Crippen molar-refractivity contribution in [1.29, 1.82) is 0 Å². The predicted octanol–water partition coefficient (Wildman–Crippen LogP) is 21.2. The molecule has 0 bridgehead atoms. The lowest BCUT2D eigenvalue weighted by Crippen LogP contribution is -2.04. The van der Waals surface area contributed by atoms with E-state index in [-0.39, 0.29) is 0 Å². The lowest BCUT2D eigenvalue weighted by atomic mass is 9.91. The molecule has 0 N–H and O–H groups in total. The third-order valence-electron chi connectivity index (χ3n) is 17.9. The molecule has 6 nitrogen and oxygen atoms in total. The van der Waals surface area contributed by atoms with Gasteiger partial charge in [-0.2, -0.15) is 0 Å². The first-order valence-corrected chi connectivity index (χ1v) is 30.1. The average molecular weight is 1120 g/mol. The maximum Gasteiger partial charge on any atom is 0.160 e. The quantitative estimate of drug-likeness (QED) is 0.145. The first-order valence-electron chi connectivity index (χ1n) is 30.1. The van der Waals surface area contributed by atoms with E-state index in [2.05, 4.69) is 328 Å². The summed E-state index contributed by atoms with van der Waals surface area (Å²) in [5.74, 6) is 0.658. The van der Waals surface area contributed by atoms with Crippen LogP contribution in [0.4, 0.5) is 0 Å². The van der Waals surface area contributed by atoms with Crippen molar-refractivity contribution >= 4 is 87.2 Å². The van der Waals surface area contributed by atoms with Gasteiger partial charge in [0.1, 0.15) is 0 Å². The fourth-order valence-electron chi connectivity index (χ4n) is 14.2. The molecule has 410 valence electrons. The zero-order valence-corrected chi connectivity index (χ0v) is 47.7. The minimum Gasteiger partial charge on any atom is -0.309 e. The standard InChI is InChI=1S/C82H52N6/c1-4-24-53(25-5-1)70-52-71(84-82(83-70)54-26-6-2-7-27-54)57-50-68(55-28-22-32-59(48-55)85-72-40-16-10-34-61(72)62-35-11-17-41-73(62)85)80(69(51-57)56-29-23-33-60(49-56)86-74-42-18-12-36-63(74)64-37-13-19-43-75(64)86)88-77-45-21-15-39-67(77)79-78(88)47-46-66-65-38-14-20-44-76(65)87(81(66)79)58-30-8-3-9-31-58/h1-52H. The van der Waals surface area contributed by atoms with Crippen LogP contribution in [0.5, 0.6) is 0 Å². The van der Waals surface area contributed by atoms with Gasteiger partial charge in [0, 0.05) is 88.0 Å². The molecule has 0 fully saturated rings. The Morgan fingerprint density at radius 3 is 1.09 bits per heavy atom. The second-order valence-corrected chi connectivity index (χ2v) is 22.9. The van der Waals surface area contributed by atoms with Crippen LogP contribution in [-0.2, 0) is 0 Å². The highest BCUT2D eigenvalue weighted by atomic mass is 15.0. The molecule has 0 spiro atoms. The Balaban J connectivity index is 1.00. The summed E-state index contributed by atoms with van der Waals surface area (Å²) in [5, 5.41) is 9.63. The molecule has 5 heterocycles. The van der Waals surface area contributed by atoms with E-state index in [0.29, 0.717) is 5.82 Å². The van der Waals surface area contributed by atoms with Crippen LogP contribution in [0.15, 0.2) is 315 Å². The Bertz CT molecular complexity index is 5460. The molecule has 0 unspecified atom stereocenters. The minimum absolute atomic E-state index is 0.658. The fourth-order valence-corrected chi connectivity index (χ4v) is 14.2. The molecule has 0 aliphatic heterocycles. The monoisotopic (exact) mass is 1120 g/mol. The van der Waals surface area contributed by atoms with Gasteiger partial charge < -0.3 is 18.3 Å². The molecule has 13 aromatic carbocycles. The van der Waals surface area contributed by atoms with E-state index in [1.807, 2.05) is 6.07 Å². The van der Waals surface area contributed by atoms with Gasteiger partial charge >= 0.3 is 0 Å². The Kier molecular flexibility index (Phi) is 11.2. The third kappa shape index (κ3) is 7.69. The van der Waals surface area contributed by atoms with Crippen LogP contribution in [0.2, 0.25) is 0 Å². The van der Waals surface area contributed by atoms with Crippen molar-refractivity contribution < 1.29 is 0 Å². The summed E-state index contributed by atoms with van der Waals surface area (Å²) >= 11 is 0. The summed E-state index contributed by atoms with van der Waals surface area (Å²) in [4.78, 5) is 10.9. The lowest BCUT2D eigenvalue weighted by Gasteiger charge is -2.22. The molecule has 5 aromatic heterocycles. The highest BCUT2D eigenvalue weighted by Gasteiger charge is 2.27. The van der Waals surface area contributed by atoms with Crippen LogP contribution >= 0.6 is 0 Å². The van der Waals surface area contributed by atoms with Crippen molar-refractivity contribution in [1.82, 2.24) is 28.2 Å². The van der Waals surface area contributed by atoms with Crippen molar-refractivity contribution in [2.24, 2.45) is 0 Å². The second-order valence-electron chi connectivity index (χ2n) is 22.9. The number of para-hydroxylation sites is 7. The maximum atomic E-state index is 5.58. The van der Waals surface area contributed by atoms with Gasteiger partial charge in [-0.1, -0.05) is 218 Å². The molecule has 18 aromatic rings. The van der Waals surface area contributed by atoms with Gasteiger partial charge in [-0.3, -0.25) is 0 Å². The van der Waals surface area contributed by atoms with Crippen LogP contribution in [-0.4, -0.2) is 28.2 Å². The molecule has 18 rings (SSSR count). The summed E-state index contributed by atoms with van der Waals surface area (Å²) in [6, 6.07) is 115. The summed E-state index contributed by atoms with van der Waals surface area (Å²) in [6.45, 7) is 0. The minimum atomic E-state index is 0.658. The van der Waals surface area contributed by atoms with Crippen molar-refractivity contribution in [2.45, 2.75) is 0 Å². The van der Waals surface area contributed by atoms with E-state index in [1.165, 1.54) is 43.2 Å². The molecule has 6 heteroatoms. The summed E-state index contributed by atoms with van der Waals surface area (Å²) in [5.41, 5.74) is 22.2. The smallest absolute Gasteiger partial charge is 0.160 e. The summed E-state index contributed by atoms with van der Waals surface area (Å²) < 4.78 is 9.89. The molecule has 88 heavy (non-hydrogen) atoms. The first kappa shape index (κ1) is 49.6. The van der Waals surface area contributed by atoms with Gasteiger partial charge in [0.25, 0.3) is 0 Å². The molecule has 0 aliphatic carbocycles. The largest absolute Gasteiger partial charge is 0.309 e. The van der Waals surface area contributed by atoms with Gasteiger partial charge in [-0.05, 0) is 108 Å². The third-order valence-corrected chi connectivity index (χ3v) is 17.9. The van der Waals surface area contributed by atoms with Crippen LogP contribution in [0.3, 0.4) is 0 Å². The van der Waals surface area contributed by atoms with E-state index >= 15 is 0 Å². The van der Waals surface area contributed by atoms with Crippen molar-refractivity contribution in [3.63, 3.8) is 0 Å². The van der Waals surface area contributed by atoms with Gasteiger partial charge in [-0.25, -0.2) is 9.97 Å². The molecule has 0 amide bonds. The highest BCUT2D eigenvalue weighted by molar-refractivity contribution is 6.26. The zero-order valence-electron chi connectivity index (χ0n) is 47.7. The van der Waals surface area contributed by atoms with Crippen LogP contribution in [0, 0.1) is 0 Å². The van der Waals surface area contributed by atoms with Crippen LogP contribution in [0.25, 0.3) is 166 Å². The predicted molar refractivity (Wildman–Crippen MR) is 367 cm³/mol. The van der Waals surface area contributed by atoms with Gasteiger partial charge in [-0.15, -0.1) is 0 Å². The zero-order chi connectivity index (χ0) is 57.8. The number of hydrogen-bond acceptors (Lipinski definition) is 2. The van der Waals surface area contributed by atoms with Crippen molar-refractivity contribution in [3.8, 4) is 78.9 Å². The number of fused-ring (bicyclic) bond motifs is 13. The maximum absolute atomic E-state index is 5.58. The molecule has 0 saturated heterocycles. The molecule has 0 saturated carbocycles. The lowest BCUT2D eigenvalue weighted by molar-refractivity contribution is 1.16. The number of rotatable bonds is 9. The van der Waals surface area contributed by atoms with Gasteiger partial charge in [0.15, 0.2) is 5.82 Å².